The molecule has 1 heterocycles. The van der Waals surface area contributed by atoms with Crippen molar-refractivity contribution in [1.29, 1.82) is 0 Å². The van der Waals surface area contributed by atoms with Gasteiger partial charge in [0.05, 0.1) is 18.2 Å². The Morgan fingerprint density at radius 2 is 1.92 bits per heavy atom. The Hall–Kier alpha value is -2.96. The largest absolute Gasteiger partial charge is 0.468 e. The number of aryl methyl sites for hydroxylation is 2. The molecule has 2 rings (SSSR count). The lowest BCUT2D eigenvalue weighted by Gasteiger charge is -2.09. The van der Waals surface area contributed by atoms with Gasteiger partial charge in [-0.2, -0.15) is 0 Å². The minimum atomic E-state index is -0.621. The fraction of sp³-hybridized carbons (Fsp3) is 0.294. The molecule has 0 fully saturated rings. The molecule has 1 N–H and O–H groups in total. The van der Waals surface area contributed by atoms with Crippen LogP contribution in [0.3, 0.4) is 0 Å². The van der Waals surface area contributed by atoms with E-state index in [1.54, 1.807) is 13.0 Å². The number of aromatic nitrogens is 1. The van der Waals surface area contributed by atoms with Crippen molar-refractivity contribution >= 4 is 28.7 Å². The molecule has 0 aliphatic heterocycles. The number of fused-ring (bicyclic) bond motifs is 1. The number of nitrogens with one attached hydrogen (secondary N) is 1. The lowest BCUT2D eigenvalue weighted by Crippen LogP contribution is -2.33. The van der Waals surface area contributed by atoms with E-state index < -0.39 is 24.5 Å². The number of nitrogens with zero attached hydrogens (tertiary/aromatic N) is 1. The summed E-state index contributed by atoms with van der Waals surface area (Å²) >= 11 is 0. The molecule has 7 heteroatoms. The summed E-state index contributed by atoms with van der Waals surface area (Å²) in [4.78, 5) is 39.2. The third-order valence-corrected chi connectivity index (χ3v) is 3.30. The minimum Gasteiger partial charge on any atom is -0.468 e. The Bertz CT molecular complexity index is 801. The van der Waals surface area contributed by atoms with Crippen molar-refractivity contribution in [2.24, 2.45) is 0 Å². The number of rotatable bonds is 5. The molecule has 24 heavy (non-hydrogen) atoms. The van der Waals surface area contributed by atoms with Crippen LogP contribution in [0, 0.1) is 13.8 Å². The molecule has 7 nitrogen and oxygen atoms in total. The van der Waals surface area contributed by atoms with E-state index in [-0.39, 0.29) is 6.54 Å². The van der Waals surface area contributed by atoms with Gasteiger partial charge in [0.25, 0.3) is 5.91 Å². The number of carbonyl (C=O) groups excluding carboxylic acids is 3. The van der Waals surface area contributed by atoms with Gasteiger partial charge in [0.15, 0.2) is 6.61 Å². The van der Waals surface area contributed by atoms with Crippen molar-refractivity contribution in [3.63, 3.8) is 0 Å². The highest BCUT2D eigenvalue weighted by atomic mass is 16.5. The molecule has 0 aliphatic rings. The number of carbonyl (C=O) groups is 3. The zero-order chi connectivity index (χ0) is 17.7. The van der Waals surface area contributed by atoms with E-state index in [1.807, 2.05) is 25.1 Å². The number of hydrogen-bond acceptors (Lipinski definition) is 6. The van der Waals surface area contributed by atoms with Gasteiger partial charge in [0, 0.05) is 11.1 Å². The summed E-state index contributed by atoms with van der Waals surface area (Å²) in [7, 11) is 1.22. The van der Waals surface area contributed by atoms with Gasteiger partial charge in [-0.15, -0.1) is 0 Å². The maximum Gasteiger partial charge on any atom is 0.339 e. The van der Waals surface area contributed by atoms with Crippen LogP contribution >= 0.6 is 0 Å². The van der Waals surface area contributed by atoms with E-state index in [9.17, 15) is 14.4 Å². The van der Waals surface area contributed by atoms with Gasteiger partial charge in [-0.25, -0.2) is 4.79 Å². The van der Waals surface area contributed by atoms with Gasteiger partial charge >= 0.3 is 11.9 Å². The Morgan fingerprint density at radius 3 is 2.62 bits per heavy atom. The molecule has 0 saturated heterocycles. The van der Waals surface area contributed by atoms with Gasteiger partial charge < -0.3 is 14.8 Å². The Balaban J connectivity index is 2.10. The van der Waals surface area contributed by atoms with Crippen LogP contribution < -0.4 is 5.32 Å². The average molecular weight is 330 g/mol. The fourth-order valence-electron chi connectivity index (χ4n) is 2.14. The molecule has 0 atom stereocenters. The second-order valence-electron chi connectivity index (χ2n) is 5.26. The normalized spacial score (nSPS) is 10.3. The maximum atomic E-state index is 12.3. The van der Waals surface area contributed by atoms with Crippen LogP contribution in [0.1, 0.15) is 21.6 Å². The average Bonchev–Trinajstić information content (AvgIpc) is 2.57. The summed E-state index contributed by atoms with van der Waals surface area (Å²) in [5.74, 6) is -1.79. The first-order chi connectivity index (χ1) is 11.4. The number of methoxy groups -OCH3 is 1. The van der Waals surface area contributed by atoms with Gasteiger partial charge in [0.2, 0.25) is 0 Å². The Labute approximate surface area is 139 Å². The van der Waals surface area contributed by atoms with Crippen molar-refractivity contribution < 1.29 is 23.9 Å². The van der Waals surface area contributed by atoms with Crippen molar-refractivity contribution in [1.82, 2.24) is 10.3 Å². The van der Waals surface area contributed by atoms with Crippen LogP contribution in [0.5, 0.6) is 0 Å². The quantitative estimate of drug-likeness (QED) is 0.830. The van der Waals surface area contributed by atoms with Crippen LogP contribution in [-0.2, 0) is 19.1 Å². The predicted octanol–water partition coefficient (Wildman–Crippen LogP) is 1.30. The second kappa shape index (κ2) is 7.54. The van der Waals surface area contributed by atoms with Crippen molar-refractivity contribution in [3.8, 4) is 0 Å². The zero-order valence-corrected chi connectivity index (χ0v) is 13.7. The van der Waals surface area contributed by atoms with Crippen LogP contribution in [-0.4, -0.2) is 43.1 Å². The van der Waals surface area contributed by atoms with E-state index in [4.69, 9.17) is 4.74 Å². The molecule has 0 aliphatic carbocycles. The first kappa shape index (κ1) is 17.4. The van der Waals surface area contributed by atoms with Gasteiger partial charge in [-0.3, -0.25) is 14.6 Å². The molecule has 0 bridgehead atoms. The van der Waals surface area contributed by atoms with Gasteiger partial charge in [-0.05, 0) is 32.0 Å². The summed E-state index contributed by atoms with van der Waals surface area (Å²) in [5.41, 5.74) is 2.69. The van der Waals surface area contributed by atoms with Gasteiger partial charge in [-0.1, -0.05) is 11.6 Å². The molecule has 1 aromatic carbocycles. The molecule has 0 radical (unpaired) electrons. The van der Waals surface area contributed by atoms with Crippen LogP contribution in [0.25, 0.3) is 10.9 Å². The zero-order valence-electron chi connectivity index (χ0n) is 13.7. The summed E-state index contributed by atoms with van der Waals surface area (Å²) in [6.07, 6.45) is 0. The monoisotopic (exact) mass is 330 g/mol. The molecule has 2 aromatic rings. The number of ether oxygens (including phenoxy) is 2. The van der Waals surface area contributed by atoms with Crippen LogP contribution in [0.15, 0.2) is 24.3 Å². The van der Waals surface area contributed by atoms with Crippen LogP contribution in [0.2, 0.25) is 0 Å². The third kappa shape index (κ3) is 4.28. The van der Waals surface area contributed by atoms with E-state index in [1.165, 1.54) is 7.11 Å². The Kier molecular flexibility index (Phi) is 5.47. The molecular weight excluding hydrogens is 312 g/mol. The summed E-state index contributed by atoms with van der Waals surface area (Å²) in [6, 6.07) is 7.20. The van der Waals surface area contributed by atoms with E-state index >= 15 is 0 Å². The van der Waals surface area contributed by atoms with Crippen LogP contribution in [0.4, 0.5) is 0 Å². The van der Waals surface area contributed by atoms with E-state index in [0.717, 1.165) is 5.56 Å². The highest BCUT2D eigenvalue weighted by Gasteiger charge is 2.15. The van der Waals surface area contributed by atoms with Gasteiger partial charge in [0.1, 0.15) is 6.54 Å². The number of esters is 2. The number of hydrogen-bond donors (Lipinski definition) is 1. The molecule has 1 amide bonds. The third-order valence-electron chi connectivity index (χ3n) is 3.30. The number of pyridine rings is 1. The molecule has 1 aromatic heterocycles. The first-order valence-electron chi connectivity index (χ1n) is 7.29. The molecule has 0 spiro atoms. The lowest BCUT2D eigenvalue weighted by atomic mass is 10.1. The fourth-order valence-corrected chi connectivity index (χ4v) is 2.14. The highest BCUT2D eigenvalue weighted by Crippen LogP contribution is 2.20. The molecule has 0 unspecified atom stereocenters. The summed E-state index contributed by atoms with van der Waals surface area (Å²) in [5, 5.41) is 2.96. The lowest BCUT2D eigenvalue weighted by molar-refractivity contribution is -0.141. The summed E-state index contributed by atoms with van der Waals surface area (Å²) in [6.45, 7) is 2.93. The van der Waals surface area contributed by atoms with Crippen molar-refractivity contribution in [2.45, 2.75) is 13.8 Å². The topological polar surface area (TPSA) is 94.6 Å². The van der Waals surface area contributed by atoms with Crippen molar-refractivity contribution in [3.05, 3.63) is 41.1 Å². The first-order valence-corrected chi connectivity index (χ1v) is 7.29. The maximum absolute atomic E-state index is 12.3. The predicted molar refractivity (Wildman–Crippen MR) is 86.5 cm³/mol. The molecular formula is C17H18N2O5. The number of amides is 1. The van der Waals surface area contributed by atoms with E-state index in [2.05, 4.69) is 15.0 Å². The minimum absolute atomic E-state index is 0.274. The highest BCUT2D eigenvalue weighted by molar-refractivity contribution is 6.04. The molecule has 126 valence electrons. The van der Waals surface area contributed by atoms with Crippen molar-refractivity contribution in [2.75, 3.05) is 20.3 Å². The summed E-state index contributed by atoms with van der Waals surface area (Å²) < 4.78 is 9.43. The second-order valence-corrected chi connectivity index (χ2v) is 5.26. The molecule has 0 saturated carbocycles. The standard InChI is InChI=1S/C17H18N2O5/c1-10-4-5-14-12(6-10)13(7-11(2)19-14)17(22)24-9-15(20)18-8-16(21)23-3/h4-7H,8-9H2,1-3H3,(H,18,20). The SMILES string of the molecule is COC(=O)CNC(=O)COC(=O)c1cc(C)nc2ccc(C)cc12. The number of benzene rings is 1. The Morgan fingerprint density at radius 1 is 1.17 bits per heavy atom. The van der Waals surface area contributed by atoms with E-state index in [0.29, 0.717) is 22.2 Å². The smallest absolute Gasteiger partial charge is 0.339 e.